The lowest BCUT2D eigenvalue weighted by molar-refractivity contribution is -0.142. The lowest BCUT2D eigenvalue weighted by atomic mass is 10.3. The molecule has 2 unspecified atom stereocenters. The number of hydrogen-bond donors (Lipinski definition) is 12. The molecule has 0 aliphatic rings. The van der Waals surface area contributed by atoms with Crippen LogP contribution in [-0.4, -0.2) is 179 Å². The first-order valence-electron chi connectivity index (χ1n) is 20.7. The Labute approximate surface area is 462 Å². The molecule has 0 aliphatic carbocycles. The van der Waals surface area contributed by atoms with Gasteiger partial charge in [0.25, 0.3) is 0 Å². The van der Waals surface area contributed by atoms with Crippen LogP contribution in [0.25, 0.3) is 0 Å². The molecule has 0 spiro atoms. The van der Waals surface area contributed by atoms with Crippen LogP contribution in [0.3, 0.4) is 0 Å². The summed E-state index contributed by atoms with van der Waals surface area (Å²) in [4.78, 5) is 164. The van der Waals surface area contributed by atoms with Crippen molar-refractivity contribution in [3.8, 4) is 0 Å². The first kappa shape index (κ1) is 87.5. The van der Waals surface area contributed by atoms with Crippen molar-refractivity contribution >= 4 is 94.4 Å². The van der Waals surface area contributed by atoms with Crippen LogP contribution in [0, 0.1) is 0 Å². The van der Waals surface area contributed by atoms with Crippen molar-refractivity contribution in [1.82, 2.24) is 0 Å². The molecule has 0 saturated carbocycles. The smallest absolute Gasteiger partial charge is 0.460 e. The fourth-order valence-corrected chi connectivity index (χ4v) is 5.31. The first-order valence-corrected chi connectivity index (χ1v) is 30.4. The van der Waals surface area contributed by atoms with Crippen LogP contribution in [0.4, 0.5) is 0 Å². The molecule has 0 rings (SSSR count). The van der Waals surface area contributed by atoms with Gasteiger partial charge in [0.05, 0.1) is 32.3 Å². The summed E-state index contributed by atoms with van der Waals surface area (Å²) in [6.07, 6.45) is -0.966. The zero-order chi connectivity index (χ0) is 64.5. The third-order valence-electron chi connectivity index (χ3n) is 5.85. The van der Waals surface area contributed by atoms with E-state index in [0.29, 0.717) is 0 Å². The maximum Gasteiger partial charge on any atom is 0.470 e. The van der Waals surface area contributed by atoms with Gasteiger partial charge in [-0.2, -0.15) is 0 Å². The van der Waals surface area contributed by atoms with E-state index in [9.17, 15) is 56.2 Å². The minimum Gasteiger partial charge on any atom is -0.460 e. The fourth-order valence-electron chi connectivity index (χ4n) is 2.77. The van der Waals surface area contributed by atoms with Gasteiger partial charge < -0.3 is 87.1 Å². The van der Waals surface area contributed by atoms with E-state index in [1.54, 1.807) is 0 Å². The second kappa shape index (κ2) is 45.7. The Balaban J connectivity index is -0.000000206. The lowest BCUT2D eigenvalue weighted by Gasteiger charge is -2.15. The van der Waals surface area contributed by atoms with Gasteiger partial charge in [0, 0.05) is 33.9 Å². The molecule has 0 amide bonds. The molecule has 80 heavy (non-hydrogen) atoms. The summed E-state index contributed by atoms with van der Waals surface area (Å²) < 4.78 is 113. The Morgan fingerprint density at radius 2 is 0.637 bits per heavy atom. The Kier molecular flexibility index (Phi) is 49.9. The maximum atomic E-state index is 10.9. The van der Waals surface area contributed by atoms with Gasteiger partial charge in [-0.15, -0.1) is 11.6 Å². The molecule has 12 N–H and O–H groups in total. The monoisotopic (exact) mass is 1310 g/mol. The average Bonchev–Trinajstić information content (AvgIpc) is 3.28. The predicted molar refractivity (Wildman–Crippen MR) is 272 cm³/mol. The summed E-state index contributed by atoms with van der Waals surface area (Å²) in [5, 5.41) is 0. The normalized spacial score (nSPS) is 11.8. The van der Waals surface area contributed by atoms with Crippen LogP contribution in [0.2, 0.25) is 0 Å². The SMILES string of the molecule is C=C(C)C(=O)OCC(C)OP(=O)(O)O.C=C(C)C(=O)OCC(CCl)OP(=O)(O)O.C=C(C)C(=O)OCCOP(=O)(O)O.C=C(C)C(=O)OCCOP(=O)(O)O.C=C(C)C(=O)OCCOP(=O)(O)O.C=CC(=O)OCCOP(=O)(O)O. The quantitative estimate of drug-likeness (QED) is 0.0118. The van der Waals surface area contributed by atoms with Gasteiger partial charge in [-0.25, -0.2) is 56.2 Å². The van der Waals surface area contributed by atoms with Crippen LogP contribution >= 0.6 is 58.5 Å². The van der Waals surface area contributed by atoms with Gasteiger partial charge in [0.15, 0.2) is 0 Å². The molecule has 0 bridgehead atoms. The topological polar surface area (TPSA) is 558 Å². The second-order valence-corrected chi connectivity index (χ2v) is 21.6. The summed E-state index contributed by atoms with van der Waals surface area (Å²) in [7, 11) is -27.0. The third kappa shape index (κ3) is 76.3. The standard InChI is InChI=1S/C7H12ClO6P.C7H13O6P.3C6H11O6P.C5H9O6P/c1-5(2)7(9)13-4-6(3-8)14-15(10,11)12;1-5(2)7(8)12-4-6(3)13-14(9,10)11;3*1-5(2)6(7)11-3-4-12-13(8,9)10;1-2-5(6)10-3-4-11-12(7,8)9/h6H,1,3-4H2,2H3,(H2,10,11,12);6H,1,4H2,2-3H3,(H2,9,10,11);3*1,3-4H2,2H3,(H2,8,9,10);2H,1,3-4H2,(H2,7,8,9). The Morgan fingerprint density at radius 1 is 0.400 bits per heavy atom. The van der Waals surface area contributed by atoms with Gasteiger partial charge in [0.2, 0.25) is 0 Å². The summed E-state index contributed by atoms with van der Waals surface area (Å²) >= 11 is 5.35. The van der Waals surface area contributed by atoms with Crippen LogP contribution in [0.5, 0.6) is 0 Å². The number of phosphoric ester groups is 6. The van der Waals surface area contributed by atoms with Crippen molar-refractivity contribution in [1.29, 1.82) is 0 Å². The Morgan fingerprint density at radius 3 is 0.850 bits per heavy atom. The van der Waals surface area contributed by atoms with E-state index in [4.69, 9.17) is 70.3 Å². The Hall–Kier alpha value is -3.79. The van der Waals surface area contributed by atoms with E-state index in [2.05, 4.69) is 95.0 Å². The number of hydrogen-bond acceptors (Lipinski definition) is 24. The summed E-state index contributed by atoms with van der Waals surface area (Å²) in [5.74, 6) is -4.00. The first-order chi connectivity index (χ1) is 35.9. The molecule has 2 atom stereocenters. The van der Waals surface area contributed by atoms with E-state index >= 15 is 0 Å². The van der Waals surface area contributed by atoms with Crippen LogP contribution < -0.4 is 0 Å². The van der Waals surface area contributed by atoms with E-state index < -0.39 is 95.0 Å². The van der Waals surface area contributed by atoms with Gasteiger partial charge in [-0.3, -0.25) is 27.1 Å². The van der Waals surface area contributed by atoms with Crippen molar-refractivity contribution < 1.29 is 170 Å². The van der Waals surface area contributed by atoms with Crippen molar-refractivity contribution in [3.63, 3.8) is 0 Å². The highest BCUT2D eigenvalue weighted by atomic mass is 35.5. The number of esters is 6. The van der Waals surface area contributed by atoms with Crippen LogP contribution in [0.1, 0.15) is 41.5 Å². The molecule has 0 saturated heterocycles. The molecule has 0 aromatic rings. The molecule has 0 heterocycles. The molecule has 0 aromatic carbocycles. The Bertz CT molecular complexity index is 2180. The highest BCUT2D eigenvalue weighted by Gasteiger charge is 2.24. The summed E-state index contributed by atoms with van der Waals surface area (Å²) in [6, 6.07) is 0. The number of rotatable bonds is 31. The molecule has 0 aromatic heterocycles. The maximum absolute atomic E-state index is 10.9. The minimum absolute atomic E-state index is 0.180. The third-order valence-corrected chi connectivity index (χ3v) is 9.48. The number of carbonyl (C=O) groups is 6. The second-order valence-electron chi connectivity index (χ2n) is 14.0. The largest absolute Gasteiger partial charge is 0.470 e. The van der Waals surface area contributed by atoms with Crippen molar-refractivity contribution in [2.75, 3.05) is 71.9 Å². The molecule has 0 aliphatic heterocycles. The molecule has 36 nitrogen and oxygen atoms in total. The minimum atomic E-state index is -4.62. The molecule has 43 heteroatoms. The number of alkyl halides is 1. The highest BCUT2D eigenvalue weighted by Crippen LogP contribution is 2.39. The van der Waals surface area contributed by atoms with Crippen molar-refractivity contribution in [3.05, 3.63) is 73.4 Å². The van der Waals surface area contributed by atoms with Crippen molar-refractivity contribution in [2.45, 2.75) is 53.8 Å². The average molecular weight is 1310 g/mol. The molecular formula is C37H67ClO36P6. The van der Waals surface area contributed by atoms with E-state index in [1.165, 1.54) is 41.5 Å². The zero-order valence-electron chi connectivity index (χ0n) is 43.5. The van der Waals surface area contributed by atoms with Crippen LogP contribution in [-0.2, 0) is 112 Å². The lowest BCUT2D eigenvalue weighted by Crippen LogP contribution is -2.23. The number of ether oxygens (including phenoxy) is 6. The number of halogens is 1. The van der Waals surface area contributed by atoms with Crippen molar-refractivity contribution in [2.24, 2.45) is 0 Å². The summed E-state index contributed by atoms with van der Waals surface area (Å²) in [6.45, 7) is 25.6. The van der Waals surface area contributed by atoms with Gasteiger partial charge in [-0.05, 0) is 41.5 Å². The fraction of sp³-hybridized carbons (Fsp3) is 0.514. The van der Waals surface area contributed by atoms with E-state index in [1.807, 2.05) is 0 Å². The van der Waals surface area contributed by atoms with Gasteiger partial charge >= 0.3 is 82.8 Å². The van der Waals surface area contributed by atoms with Gasteiger partial charge in [0.1, 0.15) is 51.8 Å². The number of carbonyl (C=O) groups excluding carboxylic acids is 6. The predicted octanol–water partition coefficient (Wildman–Crippen LogP) is 1.90. The molecular weight excluding hydrogens is 1240 g/mol. The van der Waals surface area contributed by atoms with E-state index in [-0.39, 0.29) is 99.8 Å². The molecule has 0 radical (unpaired) electrons. The highest BCUT2D eigenvalue weighted by molar-refractivity contribution is 7.47. The molecule has 468 valence electrons. The summed E-state index contributed by atoms with van der Waals surface area (Å²) in [5.41, 5.74) is 1.05. The van der Waals surface area contributed by atoms with Gasteiger partial charge in [-0.1, -0.05) is 39.5 Å². The van der Waals surface area contributed by atoms with Crippen LogP contribution in [0.15, 0.2) is 73.4 Å². The molecule has 0 fully saturated rings. The zero-order valence-corrected chi connectivity index (χ0v) is 49.6. The number of phosphoric acid groups is 6. The van der Waals surface area contributed by atoms with E-state index in [0.717, 1.165) is 6.08 Å².